The van der Waals surface area contributed by atoms with Crippen molar-refractivity contribution in [1.82, 2.24) is 20.1 Å². The molecular formula is C23H27N5O3S2. The number of nitrogens with one attached hydrogen (secondary N) is 1. The highest BCUT2D eigenvalue weighted by Gasteiger charge is 2.28. The molecule has 1 aliphatic rings. The van der Waals surface area contributed by atoms with Gasteiger partial charge in [-0.05, 0) is 41.7 Å². The molecule has 1 aromatic heterocycles. The zero-order valence-corrected chi connectivity index (χ0v) is 20.3. The van der Waals surface area contributed by atoms with Gasteiger partial charge in [0.05, 0.1) is 17.2 Å². The van der Waals surface area contributed by atoms with Crippen LogP contribution in [-0.4, -0.2) is 53.7 Å². The average molecular weight is 486 g/mol. The number of rotatable bonds is 9. The van der Waals surface area contributed by atoms with Gasteiger partial charge in [-0.1, -0.05) is 55.9 Å². The lowest BCUT2D eigenvalue weighted by molar-refractivity contribution is -0.118. The van der Waals surface area contributed by atoms with Crippen molar-refractivity contribution in [1.29, 1.82) is 0 Å². The number of sulfonamides is 1. The SMILES string of the molecule is CC(C)c1ccc(-n2cnnc2SCC(=O)NCCS(=O)(=O)N2CCc3ccccc32)cc1. The van der Waals surface area contributed by atoms with E-state index in [2.05, 4.69) is 41.5 Å². The molecule has 2 aromatic carbocycles. The van der Waals surface area contributed by atoms with Crippen LogP contribution in [0.2, 0.25) is 0 Å². The molecule has 10 heteroatoms. The van der Waals surface area contributed by atoms with Gasteiger partial charge in [0.2, 0.25) is 15.9 Å². The predicted octanol–water partition coefficient (Wildman–Crippen LogP) is 2.99. The van der Waals surface area contributed by atoms with E-state index in [1.807, 2.05) is 41.0 Å². The fraction of sp³-hybridized carbons (Fsp3) is 0.348. The number of para-hydroxylation sites is 1. The number of fused-ring (bicyclic) bond motifs is 1. The Morgan fingerprint density at radius 3 is 2.67 bits per heavy atom. The zero-order chi connectivity index (χ0) is 23.4. The van der Waals surface area contributed by atoms with Gasteiger partial charge < -0.3 is 5.32 Å². The number of aromatic nitrogens is 3. The van der Waals surface area contributed by atoms with E-state index in [0.717, 1.165) is 16.9 Å². The normalized spacial score (nSPS) is 13.4. The van der Waals surface area contributed by atoms with Crippen molar-refractivity contribution in [3.05, 3.63) is 66.0 Å². The van der Waals surface area contributed by atoms with Gasteiger partial charge in [0, 0.05) is 18.8 Å². The number of carbonyl (C=O) groups excluding carboxylic acids is 1. The summed E-state index contributed by atoms with van der Waals surface area (Å²) in [6.45, 7) is 4.79. The van der Waals surface area contributed by atoms with Crippen molar-refractivity contribution in [3.8, 4) is 5.69 Å². The molecule has 1 aliphatic heterocycles. The Labute approximate surface area is 198 Å². The summed E-state index contributed by atoms with van der Waals surface area (Å²) in [4.78, 5) is 12.3. The van der Waals surface area contributed by atoms with Gasteiger partial charge in [-0.25, -0.2) is 8.42 Å². The van der Waals surface area contributed by atoms with Crippen LogP contribution in [0.3, 0.4) is 0 Å². The van der Waals surface area contributed by atoms with Gasteiger partial charge in [-0.2, -0.15) is 0 Å². The number of nitrogens with zero attached hydrogens (tertiary/aromatic N) is 4. The molecule has 8 nitrogen and oxygen atoms in total. The van der Waals surface area contributed by atoms with Crippen LogP contribution in [0.15, 0.2) is 60.0 Å². The first-order valence-electron chi connectivity index (χ1n) is 10.8. The first-order valence-corrected chi connectivity index (χ1v) is 13.4. The quantitative estimate of drug-likeness (QED) is 0.468. The van der Waals surface area contributed by atoms with Crippen LogP contribution >= 0.6 is 11.8 Å². The van der Waals surface area contributed by atoms with E-state index in [9.17, 15) is 13.2 Å². The molecule has 0 fully saturated rings. The third-order valence-electron chi connectivity index (χ3n) is 5.55. The van der Waals surface area contributed by atoms with Crippen LogP contribution in [0, 0.1) is 0 Å². The molecule has 1 N–H and O–H groups in total. The summed E-state index contributed by atoms with van der Waals surface area (Å²) < 4.78 is 28.7. The molecule has 1 amide bonds. The lowest BCUT2D eigenvalue weighted by Gasteiger charge is -2.19. The number of hydrogen-bond donors (Lipinski definition) is 1. The fourth-order valence-corrected chi connectivity index (χ4v) is 5.91. The Morgan fingerprint density at radius 1 is 1.15 bits per heavy atom. The lowest BCUT2D eigenvalue weighted by atomic mass is 10.0. The standard InChI is InChI=1S/C23H27N5O3S2/c1-17(2)18-7-9-20(10-8-18)27-16-25-26-23(27)32-15-22(29)24-12-14-33(30,31)28-13-11-19-5-3-4-6-21(19)28/h3-10,16-17H,11-15H2,1-2H3,(H,24,29). The molecule has 4 rings (SSSR count). The van der Waals surface area contributed by atoms with Crippen molar-refractivity contribution in [2.45, 2.75) is 31.3 Å². The Bertz CT molecular complexity index is 1220. The minimum absolute atomic E-state index is 0.0593. The first-order chi connectivity index (χ1) is 15.8. The lowest BCUT2D eigenvalue weighted by Crippen LogP contribution is -2.37. The second-order valence-corrected chi connectivity index (χ2v) is 11.1. The van der Waals surface area contributed by atoms with E-state index in [-0.39, 0.29) is 24.0 Å². The molecule has 0 saturated heterocycles. The van der Waals surface area contributed by atoms with E-state index in [4.69, 9.17) is 0 Å². The number of amides is 1. The second-order valence-electron chi connectivity index (χ2n) is 8.14. The molecule has 3 aromatic rings. The molecule has 0 spiro atoms. The summed E-state index contributed by atoms with van der Waals surface area (Å²) >= 11 is 1.26. The number of thioether (sulfide) groups is 1. The largest absolute Gasteiger partial charge is 0.354 e. The predicted molar refractivity (Wildman–Crippen MR) is 130 cm³/mol. The van der Waals surface area contributed by atoms with Crippen LogP contribution in [0.5, 0.6) is 0 Å². The second kappa shape index (κ2) is 9.96. The minimum Gasteiger partial charge on any atom is -0.354 e. The van der Waals surface area contributed by atoms with Crippen molar-refractivity contribution < 1.29 is 13.2 Å². The number of anilines is 1. The topological polar surface area (TPSA) is 97.2 Å². The van der Waals surface area contributed by atoms with E-state index >= 15 is 0 Å². The number of carbonyl (C=O) groups is 1. The van der Waals surface area contributed by atoms with Gasteiger partial charge in [-0.3, -0.25) is 13.7 Å². The van der Waals surface area contributed by atoms with Crippen LogP contribution in [0.4, 0.5) is 5.69 Å². The van der Waals surface area contributed by atoms with E-state index in [1.165, 1.54) is 21.6 Å². The molecule has 33 heavy (non-hydrogen) atoms. The molecule has 0 aliphatic carbocycles. The van der Waals surface area contributed by atoms with Gasteiger partial charge in [0.25, 0.3) is 0 Å². The summed E-state index contributed by atoms with van der Waals surface area (Å²) in [5.74, 6) is 0.175. The molecule has 0 bridgehead atoms. The smallest absolute Gasteiger partial charge is 0.236 e. The molecule has 0 saturated carbocycles. The maximum Gasteiger partial charge on any atom is 0.236 e. The summed E-state index contributed by atoms with van der Waals surface area (Å²) in [5, 5.41) is 11.4. The summed E-state index contributed by atoms with van der Waals surface area (Å²) in [7, 11) is -3.49. The third kappa shape index (κ3) is 5.39. The molecular weight excluding hydrogens is 458 g/mol. The Balaban J connectivity index is 1.28. The summed E-state index contributed by atoms with van der Waals surface area (Å²) in [6, 6.07) is 15.7. The van der Waals surface area contributed by atoms with E-state index < -0.39 is 10.0 Å². The maximum absolute atomic E-state index is 12.7. The van der Waals surface area contributed by atoms with Crippen LogP contribution < -0.4 is 9.62 Å². The molecule has 0 atom stereocenters. The van der Waals surface area contributed by atoms with Crippen LogP contribution in [0.25, 0.3) is 5.69 Å². The highest BCUT2D eigenvalue weighted by atomic mass is 32.2. The van der Waals surface area contributed by atoms with Crippen LogP contribution in [-0.2, 0) is 21.2 Å². The summed E-state index contributed by atoms with van der Waals surface area (Å²) in [6.07, 6.45) is 2.32. The Hall–Kier alpha value is -2.85. The average Bonchev–Trinajstić information content (AvgIpc) is 3.45. The van der Waals surface area contributed by atoms with Gasteiger partial charge in [0.15, 0.2) is 5.16 Å². The number of benzene rings is 2. The van der Waals surface area contributed by atoms with Crippen molar-refractivity contribution in [2.24, 2.45) is 0 Å². The third-order valence-corrected chi connectivity index (χ3v) is 8.26. The minimum atomic E-state index is -3.49. The maximum atomic E-state index is 12.7. The highest BCUT2D eigenvalue weighted by Crippen LogP contribution is 2.30. The first kappa shape index (κ1) is 23.3. The van der Waals surface area contributed by atoms with Gasteiger partial charge in [0.1, 0.15) is 6.33 Å². The van der Waals surface area contributed by atoms with E-state index in [0.29, 0.717) is 24.0 Å². The van der Waals surface area contributed by atoms with Crippen molar-refractivity contribution >= 4 is 33.4 Å². The monoisotopic (exact) mass is 485 g/mol. The molecule has 2 heterocycles. The number of hydrogen-bond acceptors (Lipinski definition) is 6. The van der Waals surface area contributed by atoms with E-state index in [1.54, 1.807) is 6.33 Å². The highest BCUT2D eigenvalue weighted by molar-refractivity contribution is 7.99. The molecule has 174 valence electrons. The Kier molecular flexibility index (Phi) is 7.04. The fourth-order valence-electron chi connectivity index (χ4n) is 3.73. The Morgan fingerprint density at radius 2 is 1.91 bits per heavy atom. The van der Waals surface area contributed by atoms with Crippen molar-refractivity contribution in [3.63, 3.8) is 0 Å². The summed E-state index contributed by atoms with van der Waals surface area (Å²) in [5.41, 5.74) is 3.93. The van der Waals surface area contributed by atoms with Gasteiger partial charge >= 0.3 is 0 Å². The van der Waals surface area contributed by atoms with Crippen LogP contribution in [0.1, 0.15) is 30.9 Å². The zero-order valence-electron chi connectivity index (χ0n) is 18.6. The molecule has 0 unspecified atom stereocenters. The van der Waals surface area contributed by atoms with Crippen molar-refractivity contribution in [2.75, 3.05) is 28.9 Å². The molecule has 0 radical (unpaired) electrons. The van der Waals surface area contributed by atoms with Gasteiger partial charge in [-0.15, -0.1) is 10.2 Å².